The highest BCUT2D eigenvalue weighted by molar-refractivity contribution is 7.97. The van der Waals surface area contributed by atoms with Gasteiger partial charge >= 0.3 is 0 Å². The zero-order valence-electron chi connectivity index (χ0n) is 16.8. The average molecular weight is 483 g/mol. The van der Waals surface area contributed by atoms with Gasteiger partial charge in [0, 0.05) is 46.9 Å². The van der Waals surface area contributed by atoms with E-state index in [-0.39, 0.29) is 17.4 Å². The van der Waals surface area contributed by atoms with Crippen molar-refractivity contribution in [1.29, 1.82) is 0 Å². The van der Waals surface area contributed by atoms with Crippen LogP contribution in [0.1, 0.15) is 45.0 Å². The minimum Gasteiger partial charge on any atom is -0.493 e. The molecule has 2 aromatic carbocycles. The molecule has 0 bridgehead atoms. The summed E-state index contributed by atoms with van der Waals surface area (Å²) >= 11 is 13.1. The lowest BCUT2D eigenvalue weighted by Crippen LogP contribution is -2.52. The van der Waals surface area contributed by atoms with Crippen molar-refractivity contribution >= 4 is 47.0 Å². The first-order chi connectivity index (χ1) is 14.9. The monoisotopic (exact) mass is 482 g/mol. The molecule has 4 rings (SSSR count). The molecule has 1 N–H and O–H groups in total. The van der Waals surface area contributed by atoms with Gasteiger partial charge in [0.25, 0.3) is 11.8 Å². The van der Waals surface area contributed by atoms with Gasteiger partial charge in [-0.15, -0.1) is 0 Å². The fourth-order valence-corrected chi connectivity index (χ4v) is 4.46. The van der Waals surface area contributed by atoms with Gasteiger partial charge in [-0.2, -0.15) is 0 Å². The molecule has 2 aromatic rings. The Kier molecular flexibility index (Phi) is 6.65. The predicted molar refractivity (Wildman–Crippen MR) is 121 cm³/mol. The third kappa shape index (κ3) is 5.10. The first-order valence-electron chi connectivity index (χ1n) is 9.90. The summed E-state index contributed by atoms with van der Waals surface area (Å²) in [5.41, 5.74) is 1.35. The van der Waals surface area contributed by atoms with Crippen LogP contribution in [0.3, 0.4) is 0 Å². The van der Waals surface area contributed by atoms with Gasteiger partial charge in [-0.05, 0) is 48.6 Å². The van der Waals surface area contributed by atoms with E-state index < -0.39 is 11.7 Å². The van der Waals surface area contributed by atoms with Crippen molar-refractivity contribution in [3.8, 4) is 5.75 Å². The molecule has 1 aliphatic carbocycles. The maximum atomic E-state index is 14.5. The minimum absolute atomic E-state index is 0.0317. The largest absolute Gasteiger partial charge is 0.493 e. The summed E-state index contributed by atoms with van der Waals surface area (Å²) in [6.45, 7) is 1.45. The van der Waals surface area contributed by atoms with E-state index in [0.717, 1.165) is 30.4 Å². The molecule has 2 aliphatic rings. The van der Waals surface area contributed by atoms with Crippen LogP contribution in [0.15, 0.2) is 30.3 Å². The van der Waals surface area contributed by atoms with Crippen molar-refractivity contribution in [3.05, 3.63) is 62.9 Å². The number of likely N-dealkylation sites (tertiary alicyclic amines) is 1. The number of amides is 2. The summed E-state index contributed by atoms with van der Waals surface area (Å²) in [6.07, 6.45) is 3.71. The second-order valence-corrected chi connectivity index (χ2v) is 9.31. The van der Waals surface area contributed by atoms with E-state index in [4.69, 9.17) is 27.9 Å². The summed E-state index contributed by atoms with van der Waals surface area (Å²) < 4.78 is 23.0. The third-order valence-corrected chi connectivity index (χ3v) is 6.21. The molecular weight excluding hydrogens is 462 g/mol. The molecule has 164 valence electrons. The molecule has 9 heteroatoms. The van der Waals surface area contributed by atoms with Crippen molar-refractivity contribution < 1.29 is 18.7 Å². The fraction of sp³-hybridized carbons (Fsp3) is 0.364. The van der Waals surface area contributed by atoms with Crippen LogP contribution in [0.25, 0.3) is 0 Å². The van der Waals surface area contributed by atoms with Gasteiger partial charge in [-0.1, -0.05) is 35.1 Å². The lowest BCUT2D eigenvalue weighted by atomic mass is 9.99. The highest BCUT2D eigenvalue weighted by Gasteiger charge is 2.33. The van der Waals surface area contributed by atoms with E-state index in [1.165, 1.54) is 6.07 Å². The number of carbonyl (C=O) groups is 2. The lowest BCUT2D eigenvalue weighted by molar-refractivity contribution is 0.0392. The first kappa shape index (κ1) is 22.2. The average Bonchev–Trinajstić information content (AvgIpc) is 3.51. The molecule has 1 saturated heterocycles. The number of benzene rings is 2. The number of nitrogens with one attached hydrogen (secondary N) is 1. The standard InChI is InChI=1S/C22H21Cl2FN2O3S/c1-31-26-21(28)18-7-17(13-2-3-13)20(8-19(18)25)30-11-12-9-27(10-12)22(29)14-4-15(23)6-16(24)5-14/h4-8,12-13H,2-3,9-11H2,1H3,(H,26,28). The highest BCUT2D eigenvalue weighted by atomic mass is 35.5. The van der Waals surface area contributed by atoms with Crippen molar-refractivity contribution in [2.24, 2.45) is 5.92 Å². The molecule has 0 atom stereocenters. The van der Waals surface area contributed by atoms with Gasteiger partial charge in [0.05, 0.1) is 12.2 Å². The fourth-order valence-electron chi connectivity index (χ4n) is 3.64. The van der Waals surface area contributed by atoms with Crippen LogP contribution < -0.4 is 9.46 Å². The molecule has 0 aromatic heterocycles. The molecule has 31 heavy (non-hydrogen) atoms. The van der Waals surface area contributed by atoms with E-state index in [1.807, 2.05) is 0 Å². The summed E-state index contributed by atoms with van der Waals surface area (Å²) in [4.78, 5) is 26.4. The van der Waals surface area contributed by atoms with Crippen LogP contribution in [0.4, 0.5) is 4.39 Å². The topological polar surface area (TPSA) is 58.6 Å². The van der Waals surface area contributed by atoms with Gasteiger partial charge in [0.1, 0.15) is 11.6 Å². The van der Waals surface area contributed by atoms with Crippen molar-refractivity contribution in [3.63, 3.8) is 0 Å². The Hall–Kier alpha value is -1.96. The molecule has 2 fully saturated rings. The van der Waals surface area contributed by atoms with Crippen molar-refractivity contribution in [1.82, 2.24) is 9.62 Å². The molecule has 0 spiro atoms. The van der Waals surface area contributed by atoms with Crippen molar-refractivity contribution in [2.45, 2.75) is 18.8 Å². The Labute approximate surface area is 194 Å². The lowest BCUT2D eigenvalue weighted by Gasteiger charge is -2.39. The normalized spacial score (nSPS) is 16.1. The highest BCUT2D eigenvalue weighted by Crippen LogP contribution is 2.45. The summed E-state index contributed by atoms with van der Waals surface area (Å²) in [5, 5.41) is 0.834. The Balaban J connectivity index is 1.37. The number of rotatable bonds is 7. The molecule has 1 saturated carbocycles. The quantitative estimate of drug-likeness (QED) is 0.553. The van der Waals surface area contributed by atoms with Crippen molar-refractivity contribution in [2.75, 3.05) is 26.0 Å². The molecule has 0 radical (unpaired) electrons. The molecule has 1 aliphatic heterocycles. The predicted octanol–water partition coefficient (Wildman–Crippen LogP) is 5.17. The maximum absolute atomic E-state index is 14.5. The van der Waals surface area contributed by atoms with Gasteiger partial charge in [0.15, 0.2) is 0 Å². The molecule has 1 heterocycles. The Morgan fingerprint density at radius 3 is 2.45 bits per heavy atom. The van der Waals surface area contributed by atoms with E-state index >= 15 is 0 Å². The van der Waals surface area contributed by atoms with Crippen LogP contribution in [-0.4, -0.2) is 42.7 Å². The van der Waals surface area contributed by atoms with Crippen LogP contribution in [0, 0.1) is 11.7 Å². The smallest absolute Gasteiger partial charge is 0.264 e. The number of hydrogen-bond acceptors (Lipinski definition) is 4. The number of carbonyl (C=O) groups excluding carboxylic acids is 2. The number of ether oxygens (including phenoxy) is 1. The number of halogens is 3. The molecule has 5 nitrogen and oxygen atoms in total. The minimum atomic E-state index is -0.603. The van der Waals surface area contributed by atoms with Gasteiger partial charge < -0.3 is 9.64 Å². The van der Waals surface area contributed by atoms with Crippen LogP contribution >= 0.6 is 35.1 Å². The maximum Gasteiger partial charge on any atom is 0.264 e. The third-order valence-electron chi connectivity index (χ3n) is 5.38. The van der Waals surface area contributed by atoms with Gasteiger partial charge in [-0.3, -0.25) is 14.3 Å². The number of nitrogens with zero attached hydrogens (tertiary/aromatic N) is 1. The van der Waals surface area contributed by atoms with Crippen LogP contribution in [0.2, 0.25) is 10.0 Å². The summed E-state index contributed by atoms with van der Waals surface area (Å²) in [7, 11) is 0. The zero-order valence-corrected chi connectivity index (χ0v) is 19.1. The van der Waals surface area contributed by atoms with Crippen LogP contribution in [0.5, 0.6) is 5.75 Å². The summed E-state index contributed by atoms with van der Waals surface area (Å²) in [6, 6.07) is 7.68. The van der Waals surface area contributed by atoms with E-state index in [1.54, 1.807) is 35.4 Å². The SMILES string of the molecule is CSNC(=O)c1cc(C2CC2)c(OCC2CN(C(=O)c3cc(Cl)cc(Cl)c3)C2)cc1F. The second-order valence-electron chi connectivity index (χ2n) is 7.82. The molecule has 0 unspecified atom stereocenters. The first-order valence-corrected chi connectivity index (χ1v) is 11.9. The van der Waals surface area contributed by atoms with E-state index in [9.17, 15) is 14.0 Å². The summed E-state index contributed by atoms with van der Waals surface area (Å²) in [5.74, 6) is -0.264. The zero-order chi connectivity index (χ0) is 22.1. The second kappa shape index (κ2) is 9.27. The Morgan fingerprint density at radius 1 is 1.16 bits per heavy atom. The van der Waals surface area contributed by atoms with E-state index in [2.05, 4.69) is 4.72 Å². The Bertz CT molecular complexity index is 1010. The van der Waals surface area contributed by atoms with Gasteiger partial charge in [-0.25, -0.2) is 4.39 Å². The molecular formula is C22H21Cl2FN2O3S. The van der Waals surface area contributed by atoms with Gasteiger partial charge in [0.2, 0.25) is 0 Å². The Morgan fingerprint density at radius 2 is 1.84 bits per heavy atom. The van der Waals surface area contributed by atoms with Crippen LogP contribution in [-0.2, 0) is 0 Å². The van der Waals surface area contributed by atoms with E-state index in [0.29, 0.717) is 47.0 Å². The molecule has 2 amide bonds. The number of hydrogen-bond donors (Lipinski definition) is 1.